The molecule has 4 aromatic rings. The molecule has 0 aliphatic heterocycles. The van der Waals surface area contributed by atoms with E-state index >= 15 is 0 Å². The summed E-state index contributed by atoms with van der Waals surface area (Å²) in [5.41, 5.74) is 8.86. The molecule has 1 aromatic heterocycles. The zero-order valence-electron chi connectivity index (χ0n) is 21.6. The molecule has 0 aliphatic rings. The topological polar surface area (TPSA) is 3.88 Å². The molecular weight excluding hydrogens is 374 g/mol. The number of fused-ring (bicyclic) bond motifs is 3. The Hall–Kier alpha value is -2.67. The van der Waals surface area contributed by atoms with Crippen molar-refractivity contribution in [3.63, 3.8) is 0 Å². The van der Waals surface area contributed by atoms with Gasteiger partial charge in [-0.1, -0.05) is 65.0 Å². The van der Waals surface area contributed by atoms with E-state index in [4.69, 9.17) is 1.37 Å². The monoisotopic (exact) mass is 411 g/mol. The van der Waals surface area contributed by atoms with Crippen LogP contribution in [0, 0.1) is 20.8 Å². The molecule has 160 valence electrons. The molecule has 0 spiro atoms. The van der Waals surface area contributed by atoms with Crippen LogP contribution in [0.5, 0.6) is 0 Å². The molecule has 0 saturated carbocycles. The molecular formula is C30H36N+. The lowest BCUT2D eigenvalue weighted by atomic mass is 9.82. The van der Waals surface area contributed by atoms with Crippen LogP contribution < -0.4 is 4.57 Å². The second-order valence-corrected chi connectivity index (χ2v) is 10.4. The van der Waals surface area contributed by atoms with E-state index in [1.165, 1.54) is 44.3 Å². The van der Waals surface area contributed by atoms with Crippen LogP contribution in [-0.4, -0.2) is 0 Å². The van der Waals surface area contributed by atoms with Crippen LogP contribution in [0.2, 0.25) is 0 Å². The van der Waals surface area contributed by atoms with Gasteiger partial charge in [-0.2, -0.15) is 4.57 Å². The van der Waals surface area contributed by atoms with Crippen molar-refractivity contribution in [3.8, 4) is 11.3 Å². The van der Waals surface area contributed by atoms with E-state index < -0.39 is 0 Å². The number of benzene rings is 3. The van der Waals surface area contributed by atoms with Crippen LogP contribution in [0.4, 0.5) is 0 Å². The first-order valence-electron chi connectivity index (χ1n) is 11.9. The number of rotatable bonds is 2. The van der Waals surface area contributed by atoms with E-state index in [2.05, 4.69) is 109 Å². The fraction of sp³-hybridized carbons (Fsp3) is 0.367. The van der Waals surface area contributed by atoms with Gasteiger partial charge in [0.1, 0.15) is 7.05 Å². The van der Waals surface area contributed by atoms with Crippen LogP contribution in [-0.2, 0) is 12.5 Å². The van der Waals surface area contributed by atoms with Gasteiger partial charge in [0.05, 0.1) is 12.3 Å². The van der Waals surface area contributed by atoms with Crippen molar-refractivity contribution in [2.45, 2.75) is 66.7 Å². The quantitative estimate of drug-likeness (QED) is 0.234. The molecule has 1 heterocycles. The first-order valence-corrected chi connectivity index (χ1v) is 11.4. The molecule has 0 N–H and O–H groups in total. The smallest absolute Gasteiger partial charge is 0.198 e. The van der Waals surface area contributed by atoms with Crippen LogP contribution in [0.1, 0.15) is 69.9 Å². The Morgan fingerprint density at radius 3 is 2.19 bits per heavy atom. The van der Waals surface area contributed by atoms with Gasteiger partial charge in [0.25, 0.3) is 0 Å². The maximum atomic E-state index is 9.06. The summed E-state index contributed by atoms with van der Waals surface area (Å²) in [6.45, 7) is 17.8. The van der Waals surface area contributed by atoms with Gasteiger partial charge in [-0.15, -0.1) is 0 Å². The van der Waals surface area contributed by atoms with Crippen molar-refractivity contribution in [1.82, 2.24) is 0 Å². The van der Waals surface area contributed by atoms with Crippen molar-refractivity contribution in [2.75, 3.05) is 0 Å². The lowest BCUT2D eigenvalue weighted by Crippen LogP contribution is -2.35. The summed E-state index contributed by atoms with van der Waals surface area (Å²) in [5.74, 6) is 0.444. The summed E-state index contributed by atoms with van der Waals surface area (Å²) < 4.78 is 11.3. The van der Waals surface area contributed by atoms with Gasteiger partial charge >= 0.3 is 0 Å². The normalized spacial score (nSPS) is 12.8. The predicted molar refractivity (Wildman–Crippen MR) is 135 cm³/mol. The Kier molecular flexibility index (Phi) is 4.88. The summed E-state index contributed by atoms with van der Waals surface area (Å²) in [6, 6.07) is 16.4. The second-order valence-electron chi connectivity index (χ2n) is 10.4. The number of aromatic nitrogens is 1. The van der Waals surface area contributed by atoms with Crippen molar-refractivity contribution < 1.29 is 5.94 Å². The highest BCUT2D eigenvalue weighted by Gasteiger charge is 2.24. The Balaban J connectivity index is 2.21. The molecule has 1 nitrogen and oxygen atoms in total. The average molecular weight is 412 g/mol. The second kappa shape index (κ2) is 7.48. The highest BCUT2D eigenvalue weighted by Crippen LogP contribution is 2.38. The zero-order valence-corrected chi connectivity index (χ0v) is 20.6. The molecule has 0 fully saturated rings. The van der Waals surface area contributed by atoms with Gasteiger partial charge in [-0.05, 0) is 70.3 Å². The van der Waals surface area contributed by atoms with Crippen LogP contribution >= 0.6 is 0 Å². The van der Waals surface area contributed by atoms with Crippen molar-refractivity contribution in [3.05, 3.63) is 76.5 Å². The van der Waals surface area contributed by atoms with Crippen LogP contribution in [0.25, 0.3) is 32.8 Å². The van der Waals surface area contributed by atoms with E-state index in [9.17, 15) is 0 Å². The highest BCUT2D eigenvalue weighted by molar-refractivity contribution is 6.11. The molecule has 31 heavy (non-hydrogen) atoms. The van der Waals surface area contributed by atoms with Gasteiger partial charge in [-0.25, -0.2) is 0 Å². The third-order valence-electron chi connectivity index (χ3n) is 6.91. The summed E-state index contributed by atoms with van der Waals surface area (Å²) in [7, 11) is 2.11. The van der Waals surface area contributed by atoms with Crippen LogP contribution in [0.15, 0.2) is 48.5 Å². The standard InChI is InChI=1S/C30H36N/c1-18(2)23-11-10-12-24-25(23)13-14-26-28(24)16-20(4)31(9)29(26)27-17-22(30(6,7)8)15-19(3)21(27)5/h10-18H,1-9H3/q+1/i16D. The Morgan fingerprint density at radius 1 is 0.871 bits per heavy atom. The minimum Gasteiger partial charge on any atom is -0.198 e. The maximum absolute atomic E-state index is 9.06. The molecule has 0 atom stereocenters. The zero-order chi connectivity index (χ0) is 23.5. The van der Waals surface area contributed by atoms with E-state index in [1.807, 2.05) is 0 Å². The van der Waals surface area contributed by atoms with Gasteiger partial charge in [0.15, 0.2) is 5.69 Å². The Bertz CT molecular complexity index is 1370. The summed E-state index contributed by atoms with van der Waals surface area (Å²) in [5, 5.41) is 4.67. The molecule has 1 heteroatoms. The molecule has 0 unspecified atom stereocenters. The van der Waals surface area contributed by atoms with E-state index in [0.29, 0.717) is 12.0 Å². The van der Waals surface area contributed by atoms with Crippen LogP contribution in [0.3, 0.4) is 0 Å². The predicted octanol–water partition coefficient (Wildman–Crippen LogP) is 7.83. The fourth-order valence-electron chi connectivity index (χ4n) is 4.69. The Labute approximate surface area is 189 Å². The average Bonchev–Trinajstić information content (AvgIpc) is 2.73. The molecule has 4 rings (SSSR count). The van der Waals surface area contributed by atoms with Gasteiger partial charge in [-0.3, -0.25) is 0 Å². The minimum atomic E-state index is 0.0743. The molecule has 0 saturated heterocycles. The maximum Gasteiger partial charge on any atom is 0.220 e. The van der Waals surface area contributed by atoms with Gasteiger partial charge < -0.3 is 0 Å². The first kappa shape index (κ1) is 20.2. The number of hydrogen-bond donors (Lipinski definition) is 0. The third-order valence-corrected chi connectivity index (χ3v) is 6.91. The van der Waals surface area contributed by atoms with E-state index in [0.717, 1.165) is 16.5 Å². The number of pyridine rings is 1. The lowest BCUT2D eigenvalue weighted by Gasteiger charge is -2.22. The van der Waals surface area contributed by atoms with Crippen molar-refractivity contribution >= 4 is 21.5 Å². The Morgan fingerprint density at radius 2 is 1.55 bits per heavy atom. The molecule has 0 aliphatic carbocycles. The minimum absolute atomic E-state index is 0.0743. The van der Waals surface area contributed by atoms with Crippen molar-refractivity contribution in [2.24, 2.45) is 7.05 Å². The van der Waals surface area contributed by atoms with E-state index in [-0.39, 0.29) is 5.41 Å². The first-order chi connectivity index (χ1) is 14.9. The van der Waals surface area contributed by atoms with Crippen molar-refractivity contribution in [1.29, 1.82) is 0 Å². The summed E-state index contributed by atoms with van der Waals surface area (Å²) in [6.07, 6.45) is 0. The van der Waals surface area contributed by atoms with E-state index in [1.54, 1.807) is 0 Å². The SMILES string of the molecule is [2H]c1c(C)[n+](C)c(-c2cc(C(C)(C)C)cc(C)c2C)c2ccc3c(C(C)C)cccc3c12. The number of hydrogen-bond acceptors (Lipinski definition) is 0. The van der Waals surface area contributed by atoms with Gasteiger partial charge in [0, 0.05) is 18.4 Å². The third kappa shape index (κ3) is 3.55. The molecule has 0 bridgehead atoms. The number of aryl methyl sites for hydroxylation is 1. The number of nitrogens with zero attached hydrogens (tertiary/aromatic N) is 1. The molecule has 3 aromatic carbocycles. The molecule has 0 radical (unpaired) electrons. The summed E-state index contributed by atoms with van der Waals surface area (Å²) in [4.78, 5) is 0. The highest BCUT2D eigenvalue weighted by atomic mass is 14.9. The fourth-order valence-corrected chi connectivity index (χ4v) is 4.69. The largest absolute Gasteiger partial charge is 0.220 e. The molecule has 0 amide bonds. The lowest BCUT2D eigenvalue weighted by molar-refractivity contribution is -0.665. The summed E-state index contributed by atoms with van der Waals surface area (Å²) >= 11 is 0. The van der Waals surface area contributed by atoms with Gasteiger partial charge in [0.2, 0.25) is 5.69 Å².